The Bertz CT molecular complexity index is 979. The Labute approximate surface area is 178 Å². The van der Waals surface area contributed by atoms with Crippen LogP contribution in [-0.4, -0.2) is 77.9 Å². The number of fused-ring (bicyclic) bond motifs is 3. The van der Waals surface area contributed by atoms with Crippen molar-refractivity contribution in [2.24, 2.45) is 0 Å². The van der Waals surface area contributed by atoms with Crippen molar-refractivity contribution in [3.63, 3.8) is 0 Å². The number of rotatable bonds is 3. The lowest BCUT2D eigenvalue weighted by Crippen LogP contribution is -2.51. The molecule has 1 aromatic heterocycles. The first-order valence-corrected chi connectivity index (χ1v) is 11.5. The summed E-state index contributed by atoms with van der Waals surface area (Å²) in [7, 11) is 0. The zero-order chi connectivity index (χ0) is 19.9. The Balaban J connectivity index is 1.18. The van der Waals surface area contributed by atoms with Crippen molar-refractivity contribution in [1.29, 1.82) is 0 Å². The summed E-state index contributed by atoms with van der Waals surface area (Å²) >= 11 is 0. The van der Waals surface area contributed by atoms with Crippen molar-refractivity contribution in [2.75, 3.05) is 57.4 Å². The molecule has 0 radical (unpaired) electrons. The van der Waals surface area contributed by atoms with Crippen molar-refractivity contribution in [3.05, 3.63) is 47.9 Å². The molecule has 0 amide bonds. The molecule has 30 heavy (non-hydrogen) atoms. The quantitative estimate of drug-likeness (QED) is 0.785. The van der Waals surface area contributed by atoms with E-state index in [-0.39, 0.29) is 0 Å². The number of ether oxygens (including phenoxy) is 1. The van der Waals surface area contributed by atoms with Gasteiger partial charge in [-0.1, -0.05) is 6.08 Å². The number of benzene rings is 1. The average Bonchev–Trinajstić information content (AvgIpc) is 2.99. The summed E-state index contributed by atoms with van der Waals surface area (Å²) in [5.74, 6) is 1.23. The number of imidazole rings is 1. The maximum atomic E-state index is 5.54. The van der Waals surface area contributed by atoms with E-state index in [1.54, 1.807) is 0 Å². The molecule has 0 bridgehead atoms. The Hall–Kier alpha value is -2.31. The van der Waals surface area contributed by atoms with Gasteiger partial charge in [0.05, 0.1) is 11.0 Å². The van der Waals surface area contributed by atoms with Gasteiger partial charge in [-0.3, -0.25) is 4.90 Å². The predicted octanol–water partition coefficient (Wildman–Crippen LogP) is 2.65. The minimum atomic E-state index is 0.720. The number of hydrogen-bond donors (Lipinski definition) is 0. The van der Waals surface area contributed by atoms with Crippen LogP contribution in [-0.2, 0) is 17.7 Å². The number of anilines is 1. The van der Waals surface area contributed by atoms with Gasteiger partial charge in [0, 0.05) is 82.9 Å². The Morgan fingerprint density at radius 2 is 1.70 bits per heavy atom. The van der Waals surface area contributed by atoms with E-state index in [9.17, 15) is 0 Å². The third-order valence-corrected chi connectivity index (χ3v) is 7.30. The Kier molecular flexibility index (Phi) is 4.77. The maximum absolute atomic E-state index is 5.54. The first-order valence-electron chi connectivity index (χ1n) is 11.5. The fourth-order valence-corrected chi connectivity index (χ4v) is 5.41. The van der Waals surface area contributed by atoms with Crippen molar-refractivity contribution in [2.45, 2.75) is 31.8 Å². The Morgan fingerprint density at radius 3 is 2.47 bits per heavy atom. The highest BCUT2D eigenvalue weighted by Crippen LogP contribution is 2.27. The molecule has 4 heterocycles. The molecule has 6 heteroatoms. The van der Waals surface area contributed by atoms with E-state index < -0.39 is 0 Å². The molecule has 2 aromatic rings. The molecule has 2 fully saturated rings. The molecule has 4 aliphatic rings. The second-order valence-electron chi connectivity index (χ2n) is 8.91. The zero-order valence-electron chi connectivity index (χ0n) is 17.7. The van der Waals surface area contributed by atoms with Gasteiger partial charge < -0.3 is 19.1 Å². The molecule has 6 rings (SSSR count). The van der Waals surface area contributed by atoms with Gasteiger partial charge in [-0.2, -0.15) is 0 Å². The molecular formula is C24H31N5O. The maximum Gasteiger partial charge on any atom is 0.111 e. The van der Waals surface area contributed by atoms with Gasteiger partial charge >= 0.3 is 0 Å². The molecule has 0 unspecified atom stereocenters. The lowest BCUT2D eigenvalue weighted by atomic mass is 10.1. The van der Waals surface area contributed by atoms with E-state index in [1.807, 2.05) is 0 Å². The number of aromatic nitrogens is 2. The highest BCUT2D eigenvalue weighted by molar-refractivity contribution is 5.80. The summed E-state index contributed by atoms with van der Waals surface area (Å²) in [5, 5.41) is 0. The summed E-state index contributed by atoms with van der Waals surface area (Å²) in [6.07, 6.45) is 9.95. The molecule has 1 aliphatic carbocycles. The van der Waals surface area contributed by atoms with E-state index >= 15 is 0 Å². The molecule has 2 saturated heterocycles. The van der Waals surface area contributed by atoms with Crippen LogP contribution in [0.2, 0.25) is 0 Å². The van der Waals surface area contributed by atoms with Gasteiger partial charge in [0.1, 0.15) is 5.82 Å². The molecule has 6 nitrogen and oxygen atoms in total. The monoisotopic (exact) mass is 405 g/mol. The van der Waals surface area contributed by atoms with Crippen molar-refractivity contribution < 1.29 is 4.74 Å². The van der Waals surface area contributed by atoms with E-state index in [0.29, 0.717) is 0 Å². The zero-order valence-corrected chi connectivity index (χ0v) is 17.7. The number of allylic oxidation sites excluding steroid dienone is 3. The van der Waals surface area contributed by atoms with Gasteiger partial charge in [-0.25, -0.2) is 4.98 Å². The first-order chi connectivity index (χ1) is 14.8. The van der Waals surface area contributed by atoms with Crippen molar-refractivity contribution in [1.82, 2.24) is 19.4 Å². The van der Waals surface area contributed by atoms with Crippen molar-refractivity contribution in [3.8, 4) is 0 Å². The van der Waals surface area contributed by atoms with Crippen LogP contribution >= 0.6 is 0 Å². The highest BCUT2D eigenvalue weighted by Gasteiger charge is 2.26. The summed E-state index contributed by atoms with van der Waals surface area (Å²) in [6, 6.07) is 7.60. The summed E-state index contributed by atoms with van der Waals surface area (Å²) < 4.78 is 8.00. The van der Waals surface area contributed by atoms with Crippen LogP contribution in [0.3, 0.4) is 0 Å². The summed E-state index contributed by atoms with van der Waals surface area (Å²) in [4.78, 5) is 12.7. The second kappa shape index (κ2) is 7.75. The van der Waals surface area contributed by atoms with Crippen molar-refractivity contribution >= 4 is 16.7 Å². The third kappa shape index (κ3) is 3.32. The predicted molar refractivity (Wildman–Crippen MR) is 120 cm³/mol. The topological polar surface area (TPSA) is 36.8 Å². The summed E-state index contributed by atoms with van der Waals surface area (Å²) in [5.41, 5.74) is 5.16. The molecule has 158 valence electrons. The molecule has 3 aliphatic heterocycles. The lowest BCUT2D eigenvalue weighted by molar-refractivity contribution is 0.0321. The number of piperazine rings is 1. The van der Waals surface area contributed by atoms with Crippen LogP contribution < -0.4 is 4.90 Å². The third-order valence-electron chi connectivity index (χ3n) is 7.30. The SMILES string of the molecule is C1=CC(N2CCc3nc4ccc(N5CCN(C6CCOCC6)CC5)cc4n3CC2)=C1. The Morgan fingerprint density at radius 1 is 0.900 bits per heavy atom. The minimum Gasteiger partial charge on any atom is -0.381 e. The van der Waals surface area contributed by atoms with Crippen LogP contribution in [0.25, 0.3) is 11.0 Å². The molecular weight excluding hydrogens is 374 g/mol. The standard InChI is InChI=1S/C24H31N5O/c1-2-19(3-1)26-9-6-24-25-22-5-4-21(18-23(22)29(24)15-14-26)28-12-10-27(11-13-28)20-7-16-30-17-8-20/h1-5,18,20H,6-17H2. The van der Waals surface area contributed by atoms with Gasteiger partial charge in [0.2, 0.25) is 0 Å². The largest absolute Gasteiger partial charge is 0.381 e. The fourth-order valence-electron chi connectivity index (χ4n) is 5.41. The van der Waals surface area contributed by atoms with Gasteiger partial charge in [-0.05, 0) is 43.2 Å². The van der Waals surface area contributed by atoms with Gasteiger partial charge in [0.25, 0.3) is 0 Å². The van der Waals surface area contributed by atoms with Gasteiger partial charge in [-0.15, -0.1) is 0 Å². The van der Waals surface area contributed by atoms with Crippen LogP contribution in [0.5, 0.6) is 0 Å². The lowest BCUT2D eigenvalue weighted by Gasteiger charge is -2.41. The smallest absolute Gasteiger partial charge is 0.111 e. The first kappa shape index (κ1) is 18.5. The molecule has 0 spiro atoms. The number of hydrogen-bond acceptors (Lipinski definition) is 5. The molecule has 0 N–H and O–H groups in total. The minimum absolute atomic E-state index is 0.720. The second-order valence-corrected chi connectivity index (χ2v) is 8.91. The van der Waals surface area contributed by atoms with Crippen LogP contribution in [0.1, 0.15) is 18.7 Å². The summed E-state index contributed by atoms with van der Waals surface area (Å²) in [6.45, 7) is 9.52. The van der Waals surface area contributed by atoms with E-state index in [2.05, 4.69) is 55.7 Å². The number of nitrogens with zero attached hydrogens (tertiary/aromatic N) is 5. The molecule has 0 atom stereocenters. The van der Waals surface area contributed by atoms with Gasteiger partial charge in [0.15, 0.2) is 0 Å². The average molecular weight is 406 g/mol. The van der Waals surface area contributed by atoms with E-state index in [4.69, 9.17) is 9.72 Å². The van der Waals surface area contributed by atoms with E-state index in [1.165, 1.54) is 35.6 Å². The van der Waals surface area contributed by atoms with Crippen LogP contribution in [0, 0.1) is 0 Å². The fraction of sp³-hybridized carbons (Fsp3) is 0.542. The van der Waals surface area contributed by atoms with E-state index in [0.717, 1.165) is 77.0 Å². The highest BCUT2D eigenvalue weighted by atomic mass is 16.5. The molecule has 0 saturated carbocycles. The van der Waals surface area contributed by atoms with Crippen LogP contribution in [0.15, 0.2) is 42.1 Å². The normalized spacial score (nSPS) is 23.3. The molecule has 1 aromatic carbocycles. The van der Waals surface area contributed by atoms with Crippen LogP contribution in [0.4, 0.5) is 5.69 Å².